The van der Waals surface area contributed by atoms with Crippen LogP contribution in [-0.2, 0) is 4.79 Å². The van der Waals surface area contributed by atoms with Crippen LogP contribution in [0.4, 0.5) is 5.69 Å². The van der Waals surface area contributed by atoms with E-state index in [1.165, 1.54) is 30.7 Å². The molecule has 6 heteroatoms. The number of hydrogen-bond donors (Lipinski definition) is 2. The molecule has 0 bridgehead atoms. The maximum atomic E-state index is 12.6. The number of carbonyl (C=O) groups is 1. The van der Waals surface area contributed by atoms with Gasteiger partial charge in [0.05, 0.1) is 5.69 Å². The van der Waals surface area contributed by atoms with Crippen molar-refractivity contribution in [1.82, 2.24) is 5.43 Å². The van der Waals surface area contributed by atoms with E-state index < -0.39 is 0 Å². The van der Waals surface area contributed by atoms with Crippen LogP contribution in [-0.4, -0.2) is 11.0 Å². The van der Waals surface area contributed by atoms with Gasteiger partial charge in [-0.05, 0) is 68.1 Å². The highest BCUT2D eigenvalue weighted by molar-refractivity contribution is 7.80. The third-order valence-corrected chi connectivity index (χ3v) is 5.40. The summed E-state index contributed by atoms with van der Waals surface area (Å²) in [5.74, 6) is 0.805. The first kappa shape index (κ1) is 20.0. The van der Waals surface area contributed by atoms with Crippen molar-refractivity contribution in [3.05, 3.63) is 29.3 Å². The molecule has 0 saturated heterocycles. The Balaban J connectivity index is 1.87. The minimum absolute atomic E-state index is 0.00485. The number of nitrogens with zero attached hydrogens (tertiary/aromatic N) is 1. The number of hydrogen-bond acceptors (Lipinski definition) is 2. The van der Waals surface area contributed by atoms with Gasteiger partial charge in [0.1, 0.15) is 0 Å². The Morgan fingerprint density at radius 3 is 2.44 bits per heavy atom. The average molecular weight is 382 g/mol. The summed E-state index contributed by atoms with van der Waals surface area (Å²) in [5, 5.41) is 2.20. The van der Waals surface area contributed by atoms with Gasteiger partial charge < -0.3 is 5.73 Å². The standard InChI is InChI=1S/C19H28ClN3OS/c1-2-3-4-5-14-6-8-15(9-7-14)18(24)22-23(19(21)25)17-12-10-16(20)11-13-17/h10-15H,2-9H2,1H3,(H2,21,25)(H,22,24). The fourth-order valence-corrected chi connectivity index (χ4v) is 3.71. The summed E-state index contributed by atoms with van der Waals surface area (Å²) in [7, 11) is 0. The third-order valence-electron chi connectivity index (χ3n) is 4.96. The van der Waals surface area contributed by atoms with Crippen molar-refractivity contribution in [3.8, 4) is 0 Å². The van der Waals surface area contributed by atoms with E-state index in [0.717, 1.165) is 31.6 Å². The molecule has 1 saturated carbocycles. The number of nitrogens with two attached hydrogens (primary N) is 1. The number of unbranched alkanes of at least 4 members (excludes halogenated alkanes) is 2. The van der Waals surface area contributed by atoms with Crippen molar-refractivity contribution in [2.45, 2.75) is 58.3 Å². The summed E-state index contributed by atoms with van der Waals surface area (Å²) in [5.41, 5.74) is 9.37. The number of carbonyl (C=O) groups excluding carboxylic acids is 1. The van der Waals surface area contributed by atoms with Gasteiger partial charge in [-0.1, -0.05) is 44.2 Å². The SMILES string of the molecule is CCCCCC1CCC(C(=O)NN(C(N)=S)c2ccc(Cl)cc2)CC1. The van der Waals surface area contributed by atoms with Crippen molar-refractivity contribution in [2.75, 3.05) is 5.01 Å². The molecule has 1 aromatic rings. The molecule has 1 aliphatic rings. The number of nitrogens with one attached hydrogen (secondary N) is 1. The van der Waals surface area contributed by atoms with Gasteiger partial charge >= 0.3 is 0 Å². The van der Waals surface area contributed by atoms with Crippen LogP contribution in [0.25, 0.3) is 0 Å². The second kappa shape index (κ2) is 9.97. The van der Waals surface area contributed by atoms with E-state index in [2.05, 4.69) is 12.3 Å². The molecule has 3 N–H and O–H groups in total. The smallest absolute Gasteiger partial charge is 0.241 e. The number of rotatable bonds is 6. The zero-order valence-corrected chi connectivity index (χ0v) is 16.4. The van der Waals surface area contributed by atoms with Gasteiger partial charge in [-0.3, -0.25) is 10.2 Å². The Labute approximate surface area is 161 Å². The van der Waals surface area contributed by atoms with E-state index in [4.69, 9.17) is 29.6 Å². The summed E-state index contributed by atoms with van der Waals surface area (Å²) in [4.78, 5) is 12.6. The zero-order chi connectivity index (χ0) is 18.2. The lowest BCUT2D eigenvalue weighted by molar-refractivity contribution is -0.126. The predicted octanol–water partition coefficient (Wildman–Crippen LogP) is 4.81. The fourth-order valence-electron chi connectivity index (χ4n) is 3.43. The van der Waals surface area contributed by atoms with Crippen LogP contribution >= 0.6 is 23.8 Å². The van der Waals surface area contributed by atoms with Crippen LogP contribution < -0.4 is 16.2 Å². The maximum absolute atomic E-state index is 12.6. The van der Waals surface area contributed by atoms with E-state index >= 15 is 0 Å². The van der Waals surface area contributed by atoms with Gasteiger partial charge in [0.15, 0.2) is 5.11 Å². The lowest BCUT2D eigenvalue weighted by Gasteiger charge is -2.30. The van der Waals surface area contributed by atoms with Crippen molar-refractivity contribution < 1.29 is 4.79 Å². The monoisotopic (exact) mass is 381 g/mol. The van der Waals surface area contributed by atoms with Crippen LogP contribution in [0.2, 0.25) is 5.02 Å². The number of benzene rings is 1. The Kier molecular flexibility index (Phi) is 7.97. The van der Waals surface area contributed by atoms with E-state index in [0.29, 0.717) is 10.7 Å². The van der Waals surface area contributed by atoms with Crippen LogP contribution in [0.1, 0.15) is 58.3 Å². The Morgan fingerprint density at radius 1 is 1.24 bits per heavy atom. The summed E-state index contributed by atoms with van der Waals surface area (Å²) < 4.78 is 0. The van der Waals surface area contributed by atoms with Crippen LogP contribution in [0.5, 0.6) is 0 Å². The number of hydrazine groups is 1. The molecule has 0 spiro atoms. The number of amides is 1. The predicted molar refractivity (Wildman–Crippen MR) is 108 cm³/mol. The first-order valence-electron chi connectivity index (χ1n) is 9.17. The van der Waals surface area contributed by atoms with E-state index in [9.17, 15) is 4.79 Å². The van der Waals surface area contributed by atoms with E-state index in [1.54, 1.807) is 24.3 Å². The zero-order valence-electron chi connectivity index (χ0n) is 14.8. The number of thiocarbonyl (C=S) groups is 1. The first-order chi connectivity index (χ1) is 12.0. The summed E-state index contributed by atoms with van der Waals surface area (Å²) in [6.45, 7) is 2.23. The first-order valence-corrected chi connectivity index (χ1v) is 9.95. The van der Waals surface area contributed by atoms with E-state index in [1.807, 2.05) is 0 Å². The van der Waals surface area contributed by atoms with Crippen molar-refractivity contribution in [1.29, 1.82) is 0 Å². The molecule has 138 valence electrons. The highest BCUT2D eigenvalue weighted by Gasteiger charge is 2.27. The second-order valence-electron chi connectivity index (χ2n) is 6.84. The minimum atomic E-state index is -0.00485. The van der Waals surface area contributed by atoms with Gasteiger partial charge in [0.25, 0.3) is 0 Å². The van der Waals surface area contributed by atoms with Gasteiger partial charge in [-0.25, -0.2) is 5.01 Å². The minimum Gasteiger partial charge on any atom is -0.374 e. The Hall–Kier alpha value is -1.33. The normalized spacial score (nSPS) is 20.1. The van der Waals surface area contributed by atoms with Gasteiger partial charge in [-0.2, -0.15) is 0 Å². The number of anilines is 1. The summed E-state index contributed by atoms with van der Waals surface area (Å²) >= 11 is 11.0. The summed E-state index contributed by atoms with van der Waals surface area (Å²) in [6.07, 6.45) is 9.33. The van der Waals surface area contributed by atoms with Crippen molar-refractivity contribution in [2.24, 2.45) is 17.6 Å². The molecular formula is C19H28ClN3OS. The van der Waals surface area contributed by atoms with Crippen molar-refractivity contribution >= 4 is 40.5 Å². The molecule has 0 aromatic heterocycles. The molecule has 1 fully saturated rings. The van der Waals surface area contributed by atoms with Crippen LogP contribution in [0.15, 0.2) is 24.3 Å². The molecule has 0 unspecified atom stereocenters. The van der Waals surface area contributed by atoms with Gasteiger partial charge in [-0.15, -0.1) is 0 Å². The van der Waals surface area contributed by atoms with Crippen LogP contribution in [0.3, 0.4) is 0 Å². The Morgan fingerprint density at radius 2 is 1.88 bits per heavy atom. The van der Waals surface area contributed by atoms with Crippen molar-refractivity contribution in [3.63, 3.8) is 0 Å². The fraction of sp³-hybridized carbons (Fsp3) is 0.579. The highest BCUT2D eigenvalue weighted by atomic mass is 35.5. The molecular weight excluding hydrogens is 354 g/mol. The van der Waals surface area contributed by atoms with E-state index in [-0.39, 0.29) is 16.9 Å². The molecule has 1 aliphatic carbocycles. The molecule has 0 heterocycles. The molecule has 4 nitrogen and oxygen atoms in total. The molecule has 0 radical (unpaired) electrons. The lowest BCUT2D eigenvalue weighted by Crippen LogP contribution is -2.51. The van der Waals surface area contributed by atoms with Gasteiger partial charge in [0.2, 0.25) is 5.91 Å². The lowest BCUT2D eigenvalue weighted by atomic mass is 9.79. The summed E-state index contributed by atoms with van der Waals surface area (Å²) in [6, 6.07) is 7.06. The second-order valence-corrected chi connectivity index (χ2v) is 7.69. The molecule has 2 rings (SSSR count). The molecule has 0 atom stereocenters. The maximum Gasteiger partial charge on any atom is 0.241 e. The van der Waals surface area contributed by atoms with Crippen LogP contribution in [0, 0.1) is 11.8 Å². The van der Waals surface area contributed by atoms with Gasteiger partial charge in [0, 0.05) is 10.9 Å². The molecule has 1 amide bonds. The quantitative estimate of drug-likeness (QED) is 0.422. The largest absolute Gasteiger partial charge is 0.374 e. The molecule has 25 heavy (non-hydrogen) atoms. The topological polar surface area (TPSA) is 58.4 Å². The molecule has 1 aromatic carbocycles. The average Bonchev–Trinajstić information content (AvgIpc) is 2.61. The number of halogens is 1. The highest BCUT2D eigenvalue weighted by Crippen LogP contribution is 2.32. The Bertz CT molecular complexity index is 571. The third kappa shape index (κ3) is 6.15. The molecule has 0 aliphatic heterocycles.